The van der Waals surface area contributed by atoms with Gasteiger partial charge in [0.05, 0.1) is 24.1 Å². The molecule has 2 aromatic rings. The smallest absolute Gasteiger partial charge is 0.337 e. The molecule has 0 spiro atoms. The summed E-state index contributed by atoms with van der Waals surface area (Å²) < 4.78 is 37.1. The topological polar surface area (TPSA) is 76.8 Å². The lowest BCUT2D eigenvalue weighted by atomic mass is 10.2. The van der Waals surface area contributed by atoms with Crippen LogP contribution in [0.2, 0.25) is 0 Å². The van der Waals surface area contributed by atoms with Crippen LogP contribution in [0.1, 0.15) is 41.1 Å². The Balaban J connectivity index is 1.77. The lowest BCUT2D eigenvalue weighted by Gasteiger charge is -2.16. The first-order chi connectivity index (χ1) is 11.8. The number of carbonyl (C=O) groups is 1. The quantitative estimate of drug-likeness (QED) is 0.738. The van der Waals surface area contributed by atoms with Gasteiger partial charge in [0.2, 0.25) is 10.0 Å². The van der Waals surface area contributed by atoms with E-state index < -0.39 is 16.0 Å². The van der Waals surface area contributed by atoms with Crippen molar-refractivity contribution in [2.45, 2.75) is 30.7 Å². The Morgan fingerprint density at radius 2 is 2.04 bits per heavy atom. The third-order valence-electron chi connectivity index (χ3n) is 4.50. The summed E-state index contributed by atoms with van der Waals surface area (Å²) in [5.41, 5.74) is 0.194. The van der Waals surface area contributed by atoms with Crippen molar-refractivity contribution >= 4 is 16.0 Å². The molecule has 1 heterocycles. The highest BCUT2D eigenvalue weighted by molar-refractivity contribution is 7.89. The number of furan rings is 1. The van der Waals surface area contributed by atoms with E-state index in [2.05, 4.69) is 11.7 Å². The predicted octanol–water partition coefficient (Wildman–Crippen LogP) is 3.01. The van der Waals surface area contributed by atoms with Crippen LogP contribution in [0.4, 0.5) is 0 Å². The highest BCUT2D eigenvalue weighted by atomic mass is 32.2. The Hall–Kier alpha value is -2.12. The second-order valence-corrected chi connectivity index (χ2v) is 8.45. The minimum absolute atomic E-state index is 0.0421. The summed E-state index contributed by atoms with van der Waals surface area (Å²) in [5.74, 6) is 2.02. The molecule has 1 aliphatic carbocycles. The van der Waals surface area contributed by atoms with E-state index in [-0.39, 0.29) is 17.0 Å². The Kier molecular flexibility index (Phi) is 4.71. The van der Waals surface area contributed by atoms with Crippen molar-refractivity contribution in [2.24, 2.45) is 5.92 Å². The Morgan fingerprint density at radius 1 is 1.32 bits per heavy atom. The molecule has 1 saturated carbocycles. The van der Waals surface area contributed by atoms with Crippen LogP contribution in [0.15, 0.2) is 45.7 Å². The zero-order valence-electron chi connectivity index (χ0n) is 14.4. The maximum absolute atomic E-state index is 12.7. The van der Waals surface area contributed by atoms with Gasteiger partial charge in [0, 0.05) is 13.0 Å². The van der Waals surface area contributed by atoms with E-state index in [4.69, 9.17) is 4.42 Å². The van der Waals surface area contributed by atoms with Crippen LogP contribution in [-0.2, 0) is 21.3 Å². The average molecular weight is 363 g/mol. The monoisotopic (exact) mass is 363 g/mol. The molecule has 1 fully saturated rings. The number of rotatable bonds is 6. The molecule has 6 nitrogen and oxygen atoms in total. The van der Waals surface area contributed by atoms with Crippen molar-refractivity contribution in [3.05, 3.63) is 53.5 Å². The Morgan fingerprint density at radius 3 is 2.68 bits per heavy atom. The van der Waals surface area contributed by atoms with Crippen LogP contribution >= 0.6 is 0 Å². The maximum atomic E-state index is 12.7. The molecule has 1 aromatic carbocycles. The van der Waals surface area contributed by atoms with E-state index in [9.17, 15) is 13.2 Å². The van der Waals surface area contributed by atoms with Crippen molar-refractivity contribution in [3.63, 3.8) is 0 Å². The Labute approximate surface area is 147 Å². The second-order valence-electron chi connectivity index (χ2n) is 6.40. The third kappa shape index (κ3) is 3.62. The van der Waals surface area contributed by atoms with Gasteiger partial charge in [-0.15, -0.1) is 0 Å². The number of esters is 1. The van der Waals surface area contributed by atoms with E-state index in [1.165, 1.54) is 42.7 Å². The van der Waals surface area contributed by atoms with Crippen LogP contribution in [0, 0.1) is 5.92 Å². The van der Waals surface area contributed by atoms with Gasteiger partial charge in [-0.25, -0.2) is 13.2 Å². The van der Waals surface area contributed by atoms with Gasteiger partial charge in [0.1, 0.15) is 11.5 Å². The molecule has 0 radical (unpaired) electrons. The number of ether oxygens (including phenoxy) is 1. The number of hydrogen-bond donors (Lipinski definition) is 0. The van der Waals surface area contributed by atoms with Gasteiger partial charge in [0.25, 0.3) is 0 Å². The fourth-order valence-corrected chi connectivity index (χ4v) is 3.97. The van der Waals surface area contributed by atoms with Gasteiger partial charge in [-0.3, -0.25) is 0 Å². The molecule has 0 unspecified atom stereocenters. The van der Waals surface area contributed by atoms with Crippen molar-refractivity contribution in [1.82, 2.24) is 4.31 Å². The molecule has 134 valence electrons. The first-order valence-electron chi connectivity index (χ1n) is 8.06. The lowest BCUT2D eigenvalue weighted by molar-refractivity contribution is 0.0600. The highest BCUT2D eigenvalue weighted by Gasteiger charge is 2.36. The summed E-state index contributed by atoms with van der Waals surface area (Å²) in [5, 5.41) is 0. The fourth-order valence-electron chi connectivity index (χ4n) is 2.78. The molecule has 0 amide bonds. The van der Waals surface area contributed by atoms with Gasteiger partial charge in [0.15, 0.2) is 0 Å². The van der Waals surface area contributed by atoms with Gasteiger partial charge < -0.3 is 9.15 Å². The van der Waals surface area contributed by atoms with Gasteiger partial charge in [-0.1, -0.05) is 13.0 Å². The van der Waals surface area contributed by atoms with Crippen LogP contribution in [0.25, 0.3) is 0 Å². The van der Waals surface area contributed by atoms with Crippen molar-refractivity contribution < 1.29 is 22.4 Å². The molecule has 0 saturated heterocycles. The Bertz CT molecular complexity index is 886. The fraction of sp³-hybridized carbons (Fsp3) is 0.389. The minimum atomic E-state index is -3.74. The molecule has 2 atom stereocenters. The van der Waals surface area contributed by atoms with Crippen LogP contribution in [0.5, 0.6) is 0 Å². The molecule has 0 aliphatic heterocycles. The van der Waals surface area contributed by atoms with Gasteiger partial charge in [-0.05, 0) is 42.7 Å². The van der Waals surface area contributed by atoms with Crippen molar-refractivity contribution in [1.29, 1.82) is 0 Å². The molecule has 3 rings (SSSR count). The van der Waals surface area contributed by atoms with Crippen LogP contribution in [-0.4, -0.2) is 32.8 Å². The summed E-state index contributed by atoms with van der Waals surface area (Å²) in [4.78, 5) is 11.6. The maximum Gasteiger partial charge on any atom is 0.337 e. The number of sulfonamides is 1. The zero-order chi connectivity index (χ0) is 18.2. The van der Waals surface area contributed by atoms with Crippen LogP contribution < -0.4 is 0 Å². The second kappa shape index (κ2) is 6.65. The largest absolute Gasteiger partial charge is 0.465 e. The van der Waals surface area contributed by atoms with Crippen molar-refractivity contribution in [2.75, 3.05) is 14.2 Å². The van der Waals surface area contributed by atoms with E-state index >= 15 is 0 Å². The highest BCUT2D eigenvalue weighted by Crippen LogP contribution is 2.47. The normalized spacial score (nSPS) is 19.8. The average Bonchev–Trinajstić information content (AvgIpc) is 3.15. The van der Waals surface area contributed by atoms with E-state index in [0.717, 1.165) is 12.2 Å². The number of hydrogen-bond acceptors (Lipinski definition) is 5. The van der Waals surface area contributed by atoms with Gasteiger partial charge >= 0.3 is 5.97 Å². The number of carbonyl (C=O) groups excluding carboxylic acids is 1. The summed E-state index contributed by atoms with van der Waals surface area (Å²) in [6, 6.07) is 9.54. The van der Waals surface area contributed by atoms with Gasteiger partial charge in [-0.2, -0.15) is 4.31 Å². The molecule has 25 heavy (non-hydrogen) atoms. The third-order valence-corrected chi connectivity index (χ3v) is 6.30. The lowest BCUT2D eigenvalue weighted by Crippen LogP contribution is -2.26. The molecular weight excluding hydrogens is 342 g/mol. The molecule has 0 N–H and O–H groups in total. The number of benzene rings is 1. The zero-order valence-corrected chi connectivity index (χ0v) is 15.2. The van der Waals surface area contributed by atoms with E-state index in [0.29, 0.717) is 17.6 Å². The number of methoxy groups -OCH3 is 1. The SMILES string of the molecule is COC(=O)c1cccc(S(=O)(=O)N(C)Cc2ccc([C@@H]3C[C@@H]3C)o2)c1. The first kappa shape index (κ1) is 17.7. The minimum Gasteiger partial charge on any atom is -0.465 e. The number of nitrogens with zero attached hydrogens (tertiary/aromatic N) is 1. The summed E-state index contributed by atoms with van der Waals surface area (Å²) in [6.45, 7) is 2.30. The van der Waals surface area contributed by atoms with E-state index in [1.807, 2.05) is 12.1 Å². The molecule has 1 aromatic heterocycles. The van der Waals surface area contributed by atoms with Crippen LogP contribution in [0.3, 0.4) is 0 Å². The molecular formula is C18H21NO5S. The first-order valence-corrected chi connectivity index (χ1v) is 9.50. The standard InChI is InChI=1S/C18H21NO5S/c1-12-9-16(12)17-8-7-14(24-17)11-19(2)25(21,22)15-6-4-5-13(10-15)18(20)23-3/h4-8,10,12,16H,9,11H2,1-3H3/t12-,16+/m0/s1. The molecule has 7 heteroatoms. The summed E-state index contributed by atoms with van der Waals surface area (Å²) >= 11 is 0. The van der Waals surface area contributed by atoms with Crippen molar-refractivity contribution in [3.8, 4) is 0 Å². The summed E-state index contributed by atoms with van der Waals surface area (Å²) in [7, 11) is -0.999. The van der Waals surface area contributed by atoms with E-state index in [1.54, 1.807) is 0 Å². The molecule has 0 bridgehead atoms. The predicted molar refractivity (Wildman–Crippen MR) is 91.7 cm³/mol. The summed E-state index contributed by atoms with van der Waals surface area (Å²) in [6.07, 6.45) is 1.11. The molecule has 1 aliphatic rings.